The zero-order valence-corrected chi connectivity index (χ0v) is 11.6. The maximum atomic E-state index is 12.0. The zero-order valence-electron chi connectivity index (χ0n) is 10.9. The number of halogens is 1. The fourth-order valence-corrected chi connectivity index (χ4v) is 1.73. The van der Waals surface area contributed by atoms with Gasteiger partial charge in [-0.05, 0) is 26.0 Å². The molecule has 0 bridgehead atoms. The molecule has 0 aromatic heterocycles. The molecule has 0 aliphatic carbocycles. The molecule has 0 aliphatic rings. The molecule has 0 aliphatic heterocycles. The number of esters is 1. The molecule has 1 aromatic carbocycles. The number of rotatable bonds is 5. The third-order valence-corrected chi connectivity index (χ3v) is 2.71. The molecule has 1 amide bonds. The number of amides is 1. The van der Waals surface area contributed by atoms with Crippen LogP contribution in [-0.2, 0) is 9.53 Å². The Labute approximate surface area is 120 Å². The van der Waals surface area contributed by atoms with Crippen molar-refractivity contribution in [3.63, 3.8) is 0 Å². The topological polar surface area (TPSA) is 98.5 Å². The van der Waals surface area contributed by atoms with Crippen LogP contribution in [0.15, 0.2) is 18.2 Å². The largest absolute Gasteiger partial charge is 0.464 e. The summed E-state index contributed by atoms with van der Waals surface area (Å²) in [5.74, 6) is -1.38. The Morgan fingerprint density at radius 3 is 2.70 bits per heavy atom. The van der Waals surface area contributed by atoms with Crippen molar-refractivity contribution in [1.82, 2.24) is 5.32 Å². The Bertz CT molecular complexity index is 547. The highest BCUT2D eigenvalue weighted by Gasteiger charge is 2.26. The molecular weight excluding hydrogens is 288 g/mol. The summed E-state index contributed by atoms with van der Waals surface area (Å²) in [4.78, 5) is 33.5. The van der Waals surface area contributed by atoms with Crippen LogP contribution in [-0.4, -0.2) is 29.4 Å². The van der Waals surface area contributed by atoms with Gasteiger partial charge in [-0.2, -0.15) is 0 Å². The normalized spacial score (nSPS) is 11.6. The summed E-state index contributed by atoms with van der Waals surface area (Å²) >= 11 is 5.70. The summed E-state index contributed by atoms with van der Waals surface area (Å²) in [5.41, 5.74) is -0.707. The van der Waals surface area contributed by atoms with Gasteiger partial charge in [-0.3, -0.25) is 14.9 Å². The van der Waals surface area contributed by atoms with Gasteiger partial charge >= 0.3 is 11.7 Å². The smallest absolute Gasteiger partial charge is 0.328 e. The highest BCUT2D eigenvalue weighted by Crippen LogP contribution is 2.28. The van der Waals surface area contributed by atoms with Crippen LogP contribution in [0.4, 0.5) is 5.69 Å². The van der Waals surface area contributed by atoms with E-state index in [-0.39, 0.29) is 17.2 Å². The molecule has 0 radical (unpaired) electrons. The number of hydrogen-bond acceptors (Lipinski definition) is 5. The molecule has 0 spiro atoms. The molecule has 108 valence electrons. The molecule has 0 saturated carbocycles. The molecule has 1 unspecified atom stereocenters. The minimum absolute atomic E-state index is 0.147. The van der Waals surface area contributed by atoms with E-state index in [1.165, 1.54) is 25.1 Å². The number of nitrogens with zero attached hydrogens (tertiary/aromatic N) is 1. The van der Waals surface area contributed by atoms with E-state index in [0.717, 1.165) is 0 Å². The van der Waals surface area contributed by atoms with Crippen LogP contribution >= 0.6 is 11.6 Å². The fourth-order valence-electron chi connectivity index (χ4n) is 1.48. The number of nitrogens with one attached hydrogen (secondary N) is 1. The van der Waals surface area contributed by atoms with Crippen molar-refractivity contribution < 1.29 is 19.2 Å². The lowest BCUT2D eigenvalue weighted by atomic mass is 10.1. The second-order valence-electron chi connectivity index (χ2n) is 3.84. The molecule has 1 N–H and O–H groups in total. The molecular formula is C12H13ClN2O5. The van der Waals surface area contributed by atoms with Crippen LogP contribution in [0.1, 0.15) is 24.2 Å². The molecule has 1 aromatic rings. The lowest BCUT2D eigenvalue weighted by Crippen LogP contribution is -2.39. The van der Waals surface area contributed by atoms with Crippen LogP contribution in [0.3, 0.4) is 0 Å². The van der Waals surface area contributed by atoms with E-state index in [0.29, 0.717) is 0 Å². The summed E-state index contributed by atoms with van der Waals surface area (Å²) in [6, 6.07) is 3.07. The van der Waals surface area contributed by atoms with E-state index in [2.05, 4.69) is 5.32 Å². The van der Waals surface area contributed by atoms with Crippen molar-refractivity contribution in [1.29, 1.82) is 0 Å². The quantitative estimate of drug-likeness (QED) is 0.509. The number of para-hydroxylation sites is 1. The highest BCUT2D eigenvalue weighted by molar-refractivity contribution is 6.33. The van der Waals surface area contributed by atoms with E-state index in [1.807, 2.05) is 0 Å². The number of nitro groups is 1. The maximum absolute atomic E-state index is 12.0. The van der Waals surface area contributed by atoms with Crippen LogP contribution in [0, 0.1) is 10.1 Å². The number of carbonyl (C=O) groups excluding carboxylic acids is 2. The number of ether oxygens (including phenoxy) is 1. The second-order valence-corrected chi connectivity index (χ2v) is 4.25. The van der Waals surface area contributed by atoms with Gasteiger partial charge in [-0.1, -0.05) is 17.7 Å². The van der Waals surface area contributed by atoms with E-state index in [9.17, 15) is 19.7 Å². The fraction of sp³-hybridized carbons (Fsp3) is 0.333. The molecule has 20 heavy (non-hydrogen) atoms. The predicted octanol–water partition coefficient (Wildman–Crippen LogP) is 1.93. The van der Waals surface area contributed by atoms with Crippen LogP contribution < -0.4 is 5.32 Å². The van der Waals surface area contributed by atoms with Crippen molar-refractivity contribution >= 4 is 29.2 Å². The van der Waals surface area contributed by atoms with Gasteiger partial charge in [0.05, 0.1) is 11.5 Å². The minimum atomic E-state index is -0.916. The molecule has 1 rings (SSSR count). The summed E-state index contributed by atoms with van der Waals surface area (Å²) in [6.07, 6.45) is 0. The molecule has 1 atom stereocenters. The number of carbonyl (C=O) groups is 2. The van der Waals surface area contributed by atoms with Gasteiger partial charge < -0.3 is 10.1 Å². The van der Waals surface area contributed by atoms with E-state index in [1.54, 1.807) is 6.92 Å². The predicted molar refractivity (Wildman–Crippen MR) is 71.7 cm³/mol. The summed E-state index contributed by atoms with van der Waals surface area (Å²) < 4.78 is 4.73. The van der Waals surface area contributed by atoms with Crippen molar-refractivity contribution in [2.24, 2.45) is 0 Å². The van der Waals surface area contributed by atoms with E-state index >= 15 is 0 Å². The van der Waals surface area contributed by atoms with Crippen LogP contribution in [0.5, 0.6) is 0 Å². The molecule has 0 fully saturated rings. The zero-order chi connectivity index (χ0) is 15.3. The second kappa shape index (κ2) is 6.85. The van der Waals surface area contributed by atoms with Gasteiger partial charge in [0.15, 0.2) is 0 Å². The Hall–Kier alpha value is -2.15. The first-order chi connectivity index (χ1) is 9.38. The van der Waals surface area contributed by atoms with Gasteiger partial charge in [-0.15, -0.1) is 0 Å². The molecule has 0 saturated heterocycles. The molecule has 0 heterocycles. The first kappa shape index (κ1) is 15.9. The third kappa shape index (κ3) is 3.67. The lowest BCUT2D eigenvalue weighted by Gasteiger charge is -2.12. The highest BCUT2D eigenvalue weighted by atomic mass is 35.5. The number of nitro benzene ring substituents is 1. The summed E-state index contributed by atoms with van der Waals surface area (Å²) in [6.45, 7) is 3.23. The Morgan fingerprint density at radius 2 is 2.15 bits per heavy atom. The van der Waals surface area contributed by atoms with Gasteiger partial charge in [-0.25, -0.2) is 4.79 Å². The lowest BCUT2D eigenvalue weighted by molar-refractivity contribution is -0.385. The van der Waals surface area contributed by atoms with Gasteiger partial charge in [0, 0.05) is 0 Å². The third-order valence-electron chi connectivity index (χ3n) is 2.40. The Kier molecular flexibility index (Phi) is 5.45. The molecule has 8 heteroatoms. The van der Waals surface area contributed by atoms with Gasteiger partial charge in [0.2, 0.25) is 0 Å². The van der Waals surface area contributed by atoms with Crippen molar-refractivity contribution in [3.05, 3.63) is 38.9 Å². The average Bonchev–Trinajstić information content (AvgIpc) is 2.37. The first-order valence-electron chi connectivity index (χ1n) is 5.78. The summed E-state index contributed by atoms with van der Waals surface area (Å²) in [5, 5.41) is 13.1. The van der Waals surface area contributed by atoms with Crippen LogP contribution in [0.2, 0.25) is 5.02 Å². The van der Waals surface area contributed by atoms with E-state index in [4.69, 9.17) is 16.3 Å². The SMILES string of the molecule is CCOC(=O)C(C)NC(=O)c1cccc(Cl)c1[N+](=O)[O-]. The van der Waals surface area contributed by atoms with Crippen molar-refractivity contribution in [2.45, 2.75) is 19.9 Å². The Morgan fingerprint density at radius 1 is 1.50 bits per heavy atom. The van der Waals surface area contributed by atoms with Crippen LogP contribution in [0.25, 0.3) is 0 Å². The molecule has 7 nitrogen and oxygen atoms in total. The van der Waals surface area contributed by atoms with Crippen molar-refractivity contribution in [3.8, 4) is 0 Å². The first-order valence-corrected chi connectivity index (χ1v) is 6.16. The standard InChI is InChI=1S/C12H13ClN2O5/c1-3-20-12(17)7(2)14-11(16)8-5-4-6-9(13)10(8)15(18)19/h4-7H,3H2,1-2H3,(H,14,16). The number of benzene rings is 1. The Balaban J connectivity index is 2.96. The van der Waals surface area contributed by atoms with Crippen molar-refractivity contribution in [2.75, 3.05) is 6.61 Å². The number of hydrogen-bond donors (Lipinski definition) is 1. The maximum Gasteiger partial charge on any atom is 0.328 e. The average molecular weight is 301 g/mol. The van der Waals surface area contributed by atoms with Gasteiger partial charge in [0.1, 0.15) is 16.6 Å². The summed E-state index contributed by atoms with van der Waals surface area (Å²) in [7, 11) is 0. The van der Waals surface area contributed by atoms with Gasteiger partial charge in [0.25, 0.3) is 5.91 Å². The minimum Gasteiger partial charge on any atom is -0.464 e. The monoisotopic (exact) mass is 300 g/mol. The van der Waals surface area contributed by atoms with E-state index < -0.39 is 28.5 Å².